The molecule has 71 heavy (non-hydrogen) atoms. The van der Waals surface area contributed by atoms with Gasteiger partial charge in [0.1, 0.15) is 29.9 Å². The zero-order valence-corrected chi connectivity index (χ0v) is 43.5. The van der Waals surface area contributed by atoms with Crippen LogP contribution in [0.4, 0.5) is 0 Å². The Kier molecular flexibility index (Phi) is 35.3. The number of phenols is 1. The molecule has 0 saturated heterocycles. The highest BCUT2D eigenvalue weighted by Gasteiger charge is 2.32. The first-order valence-corrected chi connectivity index (χ1v) is 26.5. The second-order valence-electron chi connectivity index (χ2n) is 19.3. The van der Waals surface area contributed by atoms with Crippen LogP contribution in [-0.2, 0) is 44.8 Å². The summed E-state index contributed by atoms with van der Waals surface area (Å²) in [6.45, 7) is 8.03. The average Bonchev–Trinajstić information content (AvgIpc) is 3.32. The van der Waals surface area contributed by atoms with Crippen LogP contribution in [0.5, 0.6) is 5.75 Å². The molecule has 0 aliphatic rings. The number of aromatic hydroxyl groups is 1. The largest absolute Gasteiger partial charge is 0.508 e. The molecule has 0 aliphatic heterocycles. The summed E-state index contributed by atoms with van der Waals surface area (Å²) >= 11 is 0. The first-order valence-electron chi connectivity index (χ1n) is 26.5. The molecule has 0 bridgehead atoms. The summed E-state index contributed by atoms with van der Waals surface area (Å²) in [5.41, 5.74) is 17.4. The maximum atomic E-state index is 14.0. The van der Waals surface area contributed by atoms with Crippen LogP contribution in [0.3, 0.4) is 0 Å². The fourth-order valence-electron chi connectivity index (χ4n) is 8.14. The van der Waals surface area contributed by atoms with E-state index in [4.69, 9.17) is 17.2 Å². The Morgan fingerprint density at radius 1 is 0.493 bits per heavy atom. The minimum atomic E-state index is -1.41. The number of hydrogen-bond acceptors (Lipinski definition) is 11. The Balaban J connectivity index is 2.99. The number of carbonyl (C=O) groups excluding carboxylic acids is 8. The molecule has 8 amide bonds. The number of carbonyl (C=O) groups is 8. The van der Waals surface area contributed by atoms with Gasteiger partial charge in [-0.05, 0) is 101 Å². The van der Waals surface area contributed by atoms with Gasteiger partial charge < -0.3 is 59.5 Å². The summed E-state index contributed by atoms with van der Waals surface area (Å²) in [5, 5.41) is 28.6. The van der Waals surface area contributed by atoms with E-state index in [-0.39, 0.29) is 62.3 Å². The van der Waals surface area contributed by atoms with Crippen LogP contribution in [0.25, 0.3) is 0 Å². The Bertz CT molecular complexity index is 1710. The zero-order valence-electron chi connectivity index (χ0n) is 43.5. The molecule has 0 aromatic heterocycles. The first-order chi connectivity index (χ1) is 34.0. The lowest BCUT2D eigenvalue weighted by Crippen LogP contribution is -2.59. The topological polar surface area (TPSA) is 319 Å². The standard InChI is InChI=1S/C52H92N10O9/c1-5-6-7-8-9-10-11-12-13-14-15-16-17-24-46(65)56-35-47(66)57-36-48(67)59-44(34-39-25-27-40(63)28-26-39)52(71)62-43(29-30-45(55)64)51(70)61-42(23-19-21-32-54)50(69)60-41(22-18-20-31-53)49(68)58-38(4)33-37(2)3/h25-28,37-38,41-44,63H,5-24,29-36,53-54H2,1-4H3,(H2,55,64)(H,56,65)(H,57,66)(H,58,68)(H,59,67)(H,60,69)(H,61,70)(H,62,71)/t38-,41+,42+,43+,44+/m1/s1. The molecule has 0 heterocycles. The molecule has 0 unspecified atom stereocenters. The number of primary amides is 1. The first kappa shape index (κ1) is 63.7. The number of phenolic OH excluding ortho intramolecular Hbond substituents is 1. The smallest absolute Gasteiger partial charge is 0.243 e. The summed E-state index contributed by atoms with van der Waals surface area (Å²) in [6, 6.07) is 0.893. The monoisotopic (exact) mass is 1000 g/mol. The number of hydrogen-bond donors (Lipinski definition) is 11. The van der Waals surface area contributed by atoms with E-state index >= 15 is 0 Å². The molecule has 0 saturated carbocycles. The molecule has 0 aliphatic carbocycles. The van der Waals surface area contributed by atoms with Crippen molar-refractivity contribution >= 4 is 47.3 Å². The minimum Gasteiger partial charge on any atom is -0.508 e. The van der Waals surface area contributed by atoms with Gasteiger partial charge in [0.25, 0.3) is 0 Å². The van der Waals surface area contributed by atoms with Crippen molar-refractivity contribution in [2.24, 2.45) is 23.1 Å². The zero-order chi connectivity index (χ0) is 52.8. The van der Waals surface area contributed by atoms with Crippen molar-refractivity contribution in [3.8, 4) is 5.75 Å². The van der Waals surface area contributed by atoms with Gasteiger partial charge in [-0.1, -0.05) is 110 Å². The lowest BCUT2D eigenvalue weighted by Gasteiger charge is -2.27. The third kappa shape index (κ3) is 32.3. The fourth-order valence-corrected chi connectivity index (χ4v) is 8.14. The third-order valence-corrected chi connectivity index (χ3v) is 12.1. The van der Waals surface area contributed by atoms with Crippen molar-refractivity contribution in [2.45, 2.75) is 212 Å². The predicted octanol–water partition coefficient (Wildman–Crippen LogP) is 3.66. The molecule has 1 aromatic carbocycles. The number of nitrogens with one attached hydrogen (secondary N) is 7. The number of benzene rings is 1. The van der Waals surface area contributed by atoms with Gasteiger partial charge in [-0.2, -0.15) is 0 Å². The summed E-state index contributed by atoms with van der Waals surface area (Å²) in [7, 11) is 0. The van der Waals surface area contributed by atoms with Gasteiger partial charge in [-0.15, -0.1) is 0 Å². The summed E-state index contributed by atoms with van der Waals surface area (Å²) in [5.74, 6) is -4.76. The number of nitrogens with two attached hydrogens (primary N) is 3. The molecule has 5 atom stereocenters. The Morgan fingerprint density at radius 2 is 0.930 bits per heavy atom. The molecule has 19 heteroatoms. The Labute approximate surface area is 423 Å². The van der Waals surface area contributed by atoms with Gasteiger partial charge in [-0.3, -0.25) is 38.4 Å². The second-order valence-corrected chi connectivity index (χ2v) is 19.3. The maximum absolute atomic E-state index is 14.0. The van der Waals surface area contributed by atoms with Crippen LogP contribution in [0.1, 0.15) is 181 Å². The van der Waals surface area contributed by atoms with E-state index < -0.39 is 66.2 Å². The molecule has 19 nitrogen and oxygen atoms in total. The highest BCUT2D eigenvalue weighted by Crippen LogP contribution is 2.15. The lowest BCUT2D eigenvalue weighted by molar-refractivity contribution is -0.135. The van der Waals surface area contributed by atoms with Crippen LogP contribution in [0.15, 0.2) is 24.3 Å². The molecule has 1 rings (SSSR count). The van der Waals surface area contributed by atoms with E-state index in [1.807, 2.05) is 20.8 Å². The van der Waals surface area contributed by atoms with Gasteiger partial charge in [-0.25, -0.2) is 0 Å². The van der Waals surface area contributed by atoms with Crippen molar-refractivity contribution in [1.82, 2.24) is 37.2 Å². The van der Waals surface area contributed by atoms with E-state index in [2.05, 4.69) is 44.1 Å². The molecule has 0 spiro atoms. The maximum Gasteiger partial charge on any atom is 0.243 e. The van der Waals surface area contributed by atoms with Crippen molar-refractivity contribution in [2.75, 3.05) is 26.2 Å². The molecule has 0 radical (unpaired) electrons. The SMILES string of the molecule is CCCCCCCCCCCCCCCC(=O)NCC(=O)NCC(=O)N[C@@H](Cc1ccc(O)cc1)C(=O)N[C@@H](CCC(N)=O)C(=O)N[C@@H](CCCCN)C(=O)N[C@@H](CCCCN)C(=O)N[C@H](C)CC(C)C. The van der Waals surface area contributed by atoms with Crippen LogP contribution in [0.2, 0.25) is 0 Å². The van der Waals surface area contributed by atoms with Gasteiger partial charge in [0.15, 0.2) is 0 Å². The molecule has 1 aromatic rings. The van der Waals surface area contributed by atoms with E-state index in [9.17, 15) is 43.5 Å². The molecule has 0 fully saturated rings. The quantitative estimate of drug-likeness (QED) is 0.0420. The normalized spacial score (nSPS) is 13.2. The van der Waals surface area contributed by atoms with Crippen LogP contribution < -0.4 is 54.4 Å². The highest BCUT2D eigenvalue weighted by atomic mass is 16.3. The minimum absolute atomic E-state index is 0.0330. The van der Waals surface area contributed by atoms with Gasteiger partial charge in [0.05, 0.1) is 13.1 Å². The van der Waals surface area contributed by atoms with Gasteiger partial charge >= 0.3 is 0 Å². The number of unbranched alkanes of at least 4 members (excludes halogenated alkanes) is 14. The van der Waals surface area contributed by atoms with Crippen molar-refractivity contribution in [1.29, 1.82) is 0 Å². The third-order valence-electron chi connectivity index (χ3n) is 12.1. The average molecular weight is 1000 g/mol. The summed E-state index contributed by atoms with van der Waals surface area (Å²) in [4.78, 5) is 106. The van der Waals surface area contributed by atoms with Crippen LogP contribution in [-0.4, -0.2) is 109 Å². The molecule has 404 valence electrons. The Morgan fingerprint density at radius 3 is 1.41 bits per heavy atom. The van der Waals surface area contributed by atoms with Crippen molar-refractivity contribution in [3.63, 3.8) is 0 Å². The molecule has 14 N–H and O–H groups in total. The lowest BCUT2D eigenvalue weighted by atomic mass is 10.0. The van der Waals surface area contributed by atoms with Crippen molar-refractivity contribution in [3.05, 3.63) is 29.8 Å². The van der Waals surface area contributed by atoms with Gasteiger partial charge in [0, 0.05) is 25.3 Å². The van der Waals surface area contributed by atoms with E-state index in [1.165, 1.54) is 69.9 Å². The van der Waals surface area contributed by atoms with E-state index in [0.717, 1.165) is 25.7 Å². The number of rotatable bonds is 42. The Hall–Kier alpha value is -5.30. The fraction of sp³-hybridized carbons (Fsp3) is 0.731. The molecular weight excluding hydrogens is 909 g/mol. The molecular formula is C52H92N10O9. The van der Waals surface area contributed by atoms with Crippen LogP contribution >= 0.6 is 0 Å². The van der Waals surface area contributed by atoms with Crippen molar-refractivity contribution < 1.29 is 43.5 Å². The van der Waals surface area contributed by atoms with Gasteiger partial charge in [0.2, 0.25) is 47.3 Å². The van der Waals surface area contributed by atoms with E-state index in [1.54, 1.807) is 12.1 Å². The highest BCUT2D eigenvalue weighted by molar-refractivity contribution is 5.96. The summed E-state index contributed by atoms with van der Waals surface area (Å²) in [6.07, 6.45) is 18.3. The second kappa shape index (κ2) is 39.3. The van der Waals surface area contributed by atoms with Crippen LogP contribution in [0, 0.1) is 5.92 Å². The summed E-state index contributed by atoms with van der Waals surface area (Å²) < 4.78 is 0. The van der Waals surface area contributed by atoms with E-state index in [0.29, 0.717) is 63.1 Å². The number of amides is 8. The predicted molar refractivity (Wildman–Crippen MR) is 277 cm³/mol.